The van der Waals surface area contributed by atoms with Crippen molar-refractivity contribution in [2.75, 3.05) is 28.2 Å². The van der Waals surface area contributed by atoms with Crippen molar-refractivity contribution in [3.8, 4) is 0 Å². The zero-order valence-electron chi connectivity index (χ0n) is 19.6. The zero-order valence-corrected chi connectivity index (χ0v) is 22.0. The van der Waals surface area contributed by atoms with Gasteiger partial charge in [-0.2, -0.15) is 0 Å². The van der Waals surface area contributed by atoms with Crippen LogP contribution in [0, 0.1) is 13.8 Å². The van der Waals surface area contributed by atoms with Crippen LogP contribution in [0.4, 0.5) is 15.3 Å². The Morgan fingerprint density at radius 1 is 1.22 bits per heavy atom. The second-order valence-corrected chi connectivity index (χ2v) is 11.9. The van der Waals surface area contributed by atoms with Crippen LogP contribution in [0.1, 0.15) is 25.0 Å². The summed E-state index contributed by atoms with van der Waals surface area (Å²) in [5.41, 5.74) is 5.78. The van der Waals surface area contributed by atoms with Crippen molar-refractivity contribution in [3.63, 3.8) is 0 Å². The maximum Gasteiger partial charge on any atom is 0.439 e. The molecule has 0 radical (unpaired) electrons. The van der Waals surface area contributed by atoms with Crippen LogP contribution in [0.3, 0.4) is 0 Å². The highest BCUT2D eigenvalue weighted by atomic mass is 32.2. The fourth-order valence-electron chi connectivity index (χ4n) is 2.60. The van der Waals surface area contributed by atoms with Crippen molar-refractivity contribution in [1.29, 1.82) is 0 Å². The Labute approximate surface area is 202 Å². The van der Waals surface area contributed by atoms with Gasteiger partial charge in [0.1, 0.15) is 9.75 Å². The van der Waals surface area contributed by atoms with E-state index in [1.54, 1.807) is 32.9 Å². The molecule has 1 N–H and O–H groups in total. The SMILES string of the molecule is CN=C1SC(NOC(=O)N(C)SN(C)C(=O)N(C)C=Nc2ccc(C)cc2C)C(C)(C)S1. The van der Waals surface area contributed by atoms with Crippen LogP contribution in [0.5, 0.6) is 0 Å². The molecule has 1 fully saturated rings. The summed E-state index contributed by atoms with van der Waals surface area (Å²) in [5.74, 6) is 0. The Kier molecular flexibility index (Phi) is 9.31. The smallest absolute Gasteiger partial charge is 0.352 e. The summed E-state index contributed by atoms with van der Waals surface area (Å²) in [6.45, 7) is 8.09. The number of nitrogens with one attached hydrogen (secondary N) is 1. The van der Waals surface area contributed by atoms with Crippen molar-refractivity contribution < 1.29 is 14.4 Å². The van der Waals surface area contributed by atoms with Crippen LogP contribution in [0.15, 0.2) is 28.2 Å². The van der Waals surface area contributed by atoms with E-state index in [0.29, 0.717) is 0 Å². The number of hydrogen-bond donors (Lipinski definition) is 1. The topological polar surface area (TPSA) is 89.8 Å². The molecular weight excluding hydrogens is 468 g/mol. The van der Waals surface area contributed by atoms with Crippen LogP contribution in [0.25, 0.3) is 0 Å². The van der Waals surface area contributed by atoms with Gasteiger partial charge in [-0.15, -0.1) is 5.48 Å². The lowest BCUT2D eigenvalue weighted by Crippen LogP contribution is -2.42. The lowest BCUT2D eigenvalue weighted by Gasteiger charge is -2.26. The minimum absolute atomic E-state index is 0.138. The molecule has 0 aromatic heterocycles. The van der Waals surface area contributed by atoms with Gasteiger partial charge in [0, 0.05) is 32.9 Å². The average Bonchev–Trinajstić information content (AvgIpc) is 3.03. The predicted octanol–water partition coefficient (Wildman–Crippen LogP) is 4.65. The van der Waals surface area contributed by atoms with E-state index in [1.807, 2.05) is 32.0 Å². The van der Waals surface area contributed by atoms with Gasteiger partial charge >= 0.3 is 12.1 Å². The average molecular weight is 499 g/mol. The van der Waals surface area contributed by atoms with Crippen molar-refractivity contribution >= 4 is 64.2 Å². The highest BCUT2D eigenvalue weighted by Crippen LogP contribution is 2.46. The van der Waals surface area contributed by atoms with E-state index in [1.165, 1.54) is 38.7 Å². The highest BCUT2D eigenvalue weighted by molar-refractivity contribution is 8.42. The first-order valence-corrected chi connectivity index (χ1v) is 12.2. The molecule has 1 aliphatic rings. The van der Waals surface area contributed by atoms with Gasteiger partial charge in [-0.1, -0.05) is 41.2 Å². The summed E-state index contributed by atoms with van der Waals surface area (Å²) in [7, 11) is 6.45. The van der Waals surface area contributed by atoms with E-state index < -0.39 is 6.09 Å². The Morgan fingerprint density at radius 2 is 1.91 bits per heavy atom. The number of urea groups is 1. The summed E-state index contributed by atoms with van der Waals surface area (Å²) in [4.78, 5) is 40.1. The standard InChI is InChI=1S/C20H30N6O3S3/c1-13-9-10-15(14(2)11-13)22-12-24(6)18(27)25(7)32-26(8)19(28)29-23-16-20(3,4)31-17(21-5)30-16/h9-12,16,23H,1-8H3. The van der Waals surface area contributed by atoms with E-state index in [0.717, 1.165) is 33.3 Å². The van der Waals surface area contributed by atoms with Gasteiger partial charge < -0.3 is 4.84 Å². The van der Waals surface area contributed by atoms with Crippen molar-refractivity contribution in [2.24, 2.45) is 9.98 Å². The normalized spacial score (nSPS) is 18.8. The molecule has 2 rings (SSSR count). The van der Waals surface area contributed by atoms with E-state index in [2.05, 4.69) is 29.3 Å². The van der Waals surface area contributed by atoms with E-state index >= 15 is 0 Å². The van der Waals surface area contributed by atoms with Crippen molar-refractivity contribution in [2.45, 2.75) is 37.8 Å². The van der Waals surface area contributed by atoms with E-state index in [4.69, 9.17) is 4.84 Å². The Balaban J connectivity index is 1.86. The van der Waals surface area contributed by atoms with Gasteiger partial charge in [-0.3, -0.25) is 14.2 Å². The number of hydrogen-bond acceptors (Lipinski definition) is 9. The number of aliphatic imine (C=N–C) groups is 2. The first-order valence-electron chi connectivity index (χ1n) is 9.77. The lowest BCUT2D eigenvalue weighted by molar-refractivity contribution is 0.0693. The van der Waals surface area contributed by atoms with Crippen LogP contribution in [-0.2, 0) is 4.84 Å². The molecular formula is C20H30N6O3S3. The summed E-state index contributed by atoms with van der Waals surface area (Å²) < 4.78 is 3.30. The number of aryl methyl sites for hydroxylation is 2. The maximum absolute atomic E-state index is 12.6. The summed E-state index contributed by atoms with van der Waals surface area (Å²) in [6.07, 6.45) is 0.838. The van der Waals surface area contributed by atoms with Gasteiger partial charge in [0.2, 0.25) is 0 Å². The molecule has 1 atom stereocenters. The number of carbonyl (C=O) groups excluding carboxylic acids is 2. The number of rotatable bonds is 6. The Bertz CT molecular complexity index is 909. The van der Waals surface area contributed by atoms with E-state index in [9.17, 15) is 9.59 Å². The highest BCUT2D eigenvalue weighted by Gasteiger charge is 2.41. The molecule has 1 aromatic carbocycles. The molecule has 1 aromatic rings. The minimum atomic E-state index is -0.621. The Hall–Kier alpha value is -1.89. The first kappa shape index (κ1) is 26.4. The molecule has 12 heteroatoms. The third kappa shape index (κ3) is 7.06. The van der Waals surface area contributed by atoms with Crippen molar-refractivity contribution in [1.82, 2.24) is 19.0 Å². The molecule has 176 valence electrons. The van der Waals surface area contributed by atoms with E-state index in [-0.39, 0.29) is 16.2 Å². The number of carbonyl (C=O) groups is 2. The minimum Gasteiger partial charge on any atom is -0.352 e. The molecule has 0 saturated carbocycles. The number of thioether (sulfide) groups is 2. The van der Waals surface area contributed by atoms with Crippen LogP contribution in [-0.4, -0.2) is 74.7 Å². The molecule has 9 nitrogen and oxygen atoms in total. The lowest BCUT2D eigenvalue weighted by atomic mass is 10.1. The molecule has 1 aliphatic heterocycles. The van der Waals surface area contributed by atoms with Gasteiger partial charge in [0.05, 0.1) is 24.2 Å². The third-order valence-corrected chi connectivity index (χ3v) is 8.34. The third-order valence-electron chi connectivity index (χ3n) is 4.43. The van der Waals surface area contributed by atoms with Gasteiger partial charge in [0.25, 0.3) is 0 Å². The quantitative estimate of drug-likeness (QED) is 0.264. The second-order valence-electron chi connectivity index (χ2n) is 7.68. The van der Waals surface area contributed by atoms with Gasteiger partial charge in [-0.05, 0) is 39.3 Å². The van der Waals surface area contributed by atoms with Gasteiger partial charge in [0.15, 0.2) is 0 Å². The largest absolute Gasteiger partial charge is 0.439 e. The second kappa shape index (κ2) is 11.3. The molecule has 1 saturated heterocycles. The summed E-state index contributed by atoms with van der Waals surface area (Å²) >= 11 is 4.06. The Morgan fingerprint density at radius 3 is 2.50 bits per heavy atom. The van der Waals surface area contributed by atoms with Crippen molar-refractivity contribution in [3.05, 3.63) is 29.3 Å². The van der Waals surface area contributed by atoms with Crippen LogP contribution in [0.2, 0.25) is 0 Å². The fraction of sp³-hybridized carbons (Fsp3) is 0.500. The van der Waals surface area contributed by atoms with Crippen LogP contribution < -0.4 is 5.48 Å². The molecule has 3 amide bonds. The number of benzene rings is 1. The fourth-order valence-corrected chi connectivity index (χ4v) is 6.07. The summed E-state index contributed by atoms with van der Waals surface area (Å²) in [6, 6.07) is 5.57. The number of amides is 3. The molecule has 0 bridgehead atoms. The van der Waals surface area contributed by atoms with Crippen LogP contribution >= 0.6 is 35.7 Å². The molecule has 32 heavy (non-hydrogen) atoms. The number of hydroxylamine groups is 1. The number of nitrogens with zero attached hydrogens (tertiary/aromatic N) is 5. The molecule has 1 heterocycles. The molecule has 0 aliphatic carbocycles. The summed E-state index contributed by atoms with van der Waals surface area (Å²) in [5, 5.41) is -0.138. The monoisotopic (exact) mass is 498 g/mol. The van der Waals surface area contributed by atoms with Gasteiger partial charge in [-0.25, -0.2) is 18.9 Å². The predicted molar refractivity (Wildman–Crippen MR) is 136 cm³/mol. The first-order chi connectivity index (χ1) is 14.9. The molecule has 0 spiro atoms. The maximum atomic E-state index is 12.6. The zero-order chi connectivity index (χ0) is 24.1. The molecule has 1 unspecified atom stereocenters.